The third kappa shape index (κ3) is 3.08. The highest BCUT2D eigenvalue weighted by molar-refractivity contribution is 6.38. The second-order valence-corrected chi connectivity index (χ2v) is 4.00. The Kier molecular flexibility index (Phi) is 4.09. The van der Waals surface area contributed by atoms with Crippen LogP contribution in [0.1, 0.15) is 10.4 Å². The minimum Gasteiger partial charge on any atom is -0.366 e. The molecular formula is C9H10Cl2N4O. The van der Waals surface area contributed by atoms with Crippen molar-refractivity contribution in [1.29, 1.82) is 0 Å². The van der Waals surface area contributed by atoms with Gasteiger partial charge >= 0.3 is 0 Å². The van der Waals surface area contributed by atoms with Crippen LogP contribution >= 0.6 is 23.2 Å². The molecule has 0 saturated carbocycles. The smallest absolute Gasteiger partial charge is 0.250 e. The zero-order valence-electron chi connectivity index (χ0n) is 8.74. The first-order valence-corrected chi connectivity index (χ1v) is 5.05. The Balaban J connectivity index is 3.24. The molecule has 0 aliphatic heterocycles. The Morgan fingerprint density at radius 2 is 2.00 bits per heavy atom. The number of nitrogens with zero attached hydrogens (tertiary/aromatic N) is 3. The Morgan fingerprint density at radius 1 is 1.38 bits per heavy atom. The fraction of sp³-hybridized carbons (Fsp3) is 0.222. The van der Waals surface area contributed by atoms with Crippen molar-refractivity contribution in [3.05, 3.63) is 27.7 Å². The molecule has 0 heterocycles. The monoisotopic (exact) mass is 260 g/mol. The van der Waals surface area contributed by atoms with Crippen molar-refractivity contribution >= 4 is 34.8 Å². The largest absolute Gasteiger partial charge is 0.366 e. The van der Waals surface area contributed by atoms with Crippen molar-refractivity contribution in [2.75, 3.05) is 14.1 Å². The van der Waals surface area contributed by atoms with Crippen molar-refractivity contribution in [2.24, 2.45) is 16.1 Å². The summed E-state index contributed by atoms with van der Waals surface area (Å²) >= 11 is 11.7. The molecule has 0 radical (unpaired) electrons. The van der Waals surface area contributed by atoms with Gasteiger partial charge in [-0.05, 0) is 12.1 Å². The number of carbonyl (C=O) groups is 1. The number of carbonyl (C=O) groups excluding carboxylic acids is 1. The van der Waals surface area contributed by atoms with E-state index in [4.69, 9.17) is 28.9 Å². The highest BCUT2D eigenvalue weighted by Crippen LogP contribution is 2.32. The molecule has 7 heteroatoms. The molecule has 2 N–H and O–H groups in total. The first-order chi connectivity index (χ1) is 7.41. The van der Waals surface area contributed by atoms with Crippen LogP contribution in [0.5, 0.6) is 0 Å². The molecule has 5 nitrogen and oxygen atoms in total. The van der Waals surface area contributed by atoms with E-state index in [0.717, 1.165) is 0 Å². The van der Waals surface area contributed by atoms with Gasteiger partial charge in [0.15, 0.2) is 0 Å². The first-order valence-electron chi connectivity index (χ1n) is 4.29. The van der Waals surface area contributed by atoms with Crippen molar-refractivity contribution < 1.29 is 4.79 Å². The second-order valence-electron chi connectivity index (χ2n) is 3.19. The Bertz CT molecular complexity index is 445. The Hall–Kier alpha value is -1.33. The number of primary amides is 1. The molecule has 16 heavy (non-hydrogen) atoms. The third-order valence-electron chi connectivity index (χ3n) is 1.61. The maximum absolute atomic E-state index is 11.1. The predicted octanol–water partition coefficient (Wildman–Crippen LogP) is 2.65. The van der Waals surface area contributed by atoms with E-state index >= 15 is 0 Å². The lowest BCUT2D eigenvalue weighted by Gasteiger charge is -2.05. The molecule has 0 aliphatic carbocycles. The molecule has 0 atom stereocenters. The van der Waals surface area contributed by atoms with E-state index in [1.807, 2.05) is 0 Å². The Morgan fingerprint density at radius 3 is 2.50 bits per heavy atom. The molecule has 0 fully saturated rings. The molecule has 0 unspecified atom stereocenters. The van der Waals surface area contributed by atoms with Gasteiger partial charge in [0.25, 0.3) is 0 Å². The fourth-order valence-corrected chi connectivity index (χ4v) is 1.42. The molecule has 86 valence electrons. The number of hydrogen-bond donors (Lipinski definition) is 1. The molecule has 0 saturated heterocycles. The van der Waals surface area contributed by atoms with Crippen molar-refractivity contribution in [1.82, 2.24) is 5.01 Å². The lowest BCUT2D eigenvalue weighted by atomic mass is 10.2. The van der Waals surface area contributed by atoms with Gasteiger partial charge in [-0.3, -0.25) is 9.80 Å². The molecular weight excluding hydrogens is 251 g/mol. The summed E-state index contributed by atoms with van der Waals surface area (Å²) in [5.41, 5.74) is 5.57. The zero-order valence-corrected chi connectivity index (χ0v) is 10.2. The minimum absolute atomic E-state index is 0.127. The number of rotatable bonds is 3. The summed E-state index contributed by atoms with van der Waals surface area (Å²) in [6.45, 7) is 0. The van der Waals surface area contributed by atoms with Gasteiger partial charge in [-0.15, -0.1) is 5.11 Å². The van der Waals surface area contributed by atoms with Crippen LogP contribution in [0.25, 0.3) is 0 Å². The van der Waals surface area contributed by atoms with Gasteiger partial charge in [0.2, 0.25) is 5.91 Å². The van der Waals surface area contributed by atoms with Crippen LogP contribution in [-0.2, 0) is 0 Å². The van der Waals surface area contributed by atoms with Crippen LogP contribution in [0.2, 0.25) is 10.0 Å². The molecule has 0 bridgehead atoms. The standard InChI is InChI=1S/C9H10Cl2N4O/c1-15(2)14-13-7-4-5(10)3-6(8(7)11)9(12)16/h3-4H,1-2H3,(H2,12,16). The zero-order chi connectivity index (χ0) is 12.3. The number of nitrogens with two attached hydrogens (primary N) is 1. The summed E-state index contributed by atoms with van der Waals surface area (Å²) in [6.07, 6.45) is 0. The molecule has 1 aromatic carbocycles. The quantitative estimate of drug-likeness (QED) is 0.671. The van der Waals surface area contributed by atoms with Gasteiger partial charge in [-0.1, -0.05) is 28.4 Å². The van der Waals surface area contributed by atoms with Crippen molar-refractivity contribution in [3.63, 3.8) is 0 Å². The van der Waals surface area contributed by atoms with Gasteiger partial charge in [-0.2, -0.15) is 0 Å². The van der Waals surface area contributed by atoms with Crippen LogP contribution in [0.4, 0.5) is 5.69 Å². The minimum atomic E-state index is -0.659. The highest BCUT2D eigenvalue weighted by Gasteiger charge is 2.12. The van der Waals surface area contributed by atoms with Crippen LogP contribution < -0.4 is 5.73 Å². The molecule has 1 aromatic rings. The van der Waals surface area contributed by atoms with Gasteiger partial charge in [0.1, 0.15) is 5.69 Å². The number of amides is 1. The summed E-state index contributed by atoms with van der Waals surface area (Å²) in [5, 5.41) is 9.55. The van der Waals surface area contributed by atoms with Gasteiger partial charge < -0.3 is 5.73 Å². The summed E-state index contributed by atoms with van der Waals surface area (Å²) in [4.78, 5) is 11.1. The average Bonchev–Trinajstić information content (AvgIpc) is 2.18. The maximum atomic E-state index is 11.1. The fourth-order valence-electron chi connectivity index (χ4n) is 0.965. The normalized spacial score (nSPS) is 10.8. The molecule has 0 aliphatic rings. The van der Waals surface area contributed by atoms with Crippen molar-refractivity contribution in [3.8, 4) is 0 Å². The van der Waals surface area contributed by atoms with E-state index < -0.39 is 5.91 Å². The number of benzene rings is 1. The van der Waals surface area contributed by atoms with E-state index in [9.17, 15) is 4.79 Å². The van der Waals surface area contributed by atoms with Crippen LogP contribution in [0.15, 0.2) is 22.5 Å². The third-order valence-corrected chi connectivity index (χ3v) is 2.23. The van der Waals surface area contributed by atoms with E-state index in [1.165, 1.54) is 17.1 Å². The average molecular weight is 261 g/mol. The molecule has 0 aromatic heterocycles. The second kappa shape index (κ2) is 5.14. The van der Waals surface area contributed by atoms with Crippen molar-refractivity contribution in [2.45, 2.75) is 0 Å². The summed E-state index contributed by atoms with van der Waals surface area (Å²) in [7, 11) is 3.41. The van der Waals surface area contributed by atoms with Gasteiger partial charge in [0, 0.05) is 19.1 Å². The van der Waals surface area contributed by atoms with Gasteiger partial charge in [0.05, 0.1) is 10.6 Å². The summed E-state index contributed by atoms with van der Waals surface area (Å²) in [6, 6.07) is 2.89. The van der Waals surface area contributed by atoms with E-state index in [-0.39, 0.29) is 10.6 Å². The van der Waals surface area contributed by atoms with Crippen LogP contribution in [-0.4, -0.2) is 25.0 Å². The van der Waals surface area contributed by atoms with Crippen LogP contribution in [0.3, 0.4) is 0 Å². The van der Waals surface area contributed by atoms with Crippen LogP contribution in [0, 0.1) is 0 Å². The predicted molar refractivity (Wildman–Crippen MR) is 63.2 cm³/mol. The topological polar surface area (TPSA) is 71.1 Å². The highest BCUT2D eigenvalue weighted by atomic mass is 35.5. The molecule has 0 spiro atoms. The lowest BCUT2D eigenvalue weighted by Crippen LogP contribution is -2.11. The van der Waals surface area contributed by atoms with Gasteiger partial charge in [-0.25, -0.2) is 0 Å². The lowest BCUT2D eigenvalue weighted by molar-refractivity contribution is 0.100. The Labute approximate surface area is 103 Å². The summed E-state index contributed by atoms with van der Waals surface area (Å²) < 4.78 is 0. The maximum Gasteiger partial charge on any atom is 0.250 e. The summed E-state index contributed by atoms with van der Waals surface area (Å²) in [5.74, 6) is -0.659. The van der Waals surface area contributed by atoms with E-state index in [0.29, 0.717) is 10.7 Å². The van der Waals surface area contributed by atoms with E-state index in [2.05, 4.69) is 10.3 Å². The molecule has 1 rings (SSSR count). The van der Waals surface area contributed by atoms with E-state index in [1.54, 1.807) is 14.1 Å². The first kappa shape index (κ1) is 12.7. The SMILES string of the molecule is CN(C)N=Nc1cc(Cl)cc(C(N)=O)c1Cl. The molecule has 1 amide bonds. The number of hydrogen-bond acceptors (Lipinski definition) is 3. The number of halogens is 2.